The number of nitro groups is 1. The number of methoxy groups -OCH3 is 1. The fourth-order valence-electron chi connectivity index (χ4n) is 2.83. The molecule has 11 heteroatoms. The van der Waals surface area contributed by atoms with Crippen molar-refractivity contribution in [2.75, 3.05) is 32.2 Å². The van der Waals surface area contributed by atoms with Crippen LogP contribution in [0, 0.1) is 10.1 Å². The lowest BCUT2D eigenvalue weighted by molar-refractivity contribution is -0.384. The Hall–Kier alpha value is -2.89. The second kappa shape index (κ2) is 8.64. The molecule has 1 aliphatic rings. The molecular weight excluding hydrogens is 402 g/mol. The van der Waals surface area contributed by atoms with Gasteiger partial charge in [-0.05, 0) is 31.2 Å². The normalized spacial score (nSPS) is 14.3. The van der Waals surface area contributed by atoms with Crippen LogP contribution in [0.4, 0.5) is 17.1 Å². The van der Waals surface area contributed by atoms with E-state index in [1.54, 1.807) is 25.1 Å². The Labute approximate surface area is 168 Å². The van der Waals surface area contributed by atoms with Crippen LogP contribution >= 0.6 is 0 Å². The van der Waals surface area contributed by atoms with Crippen molar-refractivity contribution in [1.29, 1.82) is 0 Å². The quantitative estimate of drug-likeness (QED) is 0.489. The van der Waals surface area contributed by atoms with Crippen molar-refractivity contribution in [2.24, 2.45) is 0 Å². The molecule has 0 saturated carbocycles. The van der Waals surface area contributed by atoms with Crippen molar-refractivity contribution in [3.63, 3.8) is 0 Å². The average Bonchev–Trinajstić information content (AvgIpc) is 2.67. The number of hydrogen-bond acceptors (Lipinski definition) is 8. The molecule has 29 heavy (non-hydrogen) atoms. The van der Waals surface area contributed by atoms with Crippen LogP contribution in [0.5, 0.6) is 11.5 Å². The first-order chi connectivity index (χ1) is 13.8. The third-order valence-electron chi connectivity index (χ3n) is 4.07. The molecule has 0 amide bonds. The highest BCUT2D eigenvalue weighted by molar-refractivity contribution is 7.89. The predicted octanol–water partition coefficient (Wildman–Crippen LogP) is 2.42. The zero-order valence-corrected chi connectivity index (χ0v) is 16.7. The molecule has 0 saturated heterocycles. The number of nitro benzene ring substituents is 1. The van der Waals surface area contributed by atoms with Gasteiger partial charge >= 0.3 is 0 Å². The van der Waals surface area contributed by atoms with E-state index in [1.165, 1.54) is 19.2 Å². The molecule has 2 aromatic carbocycles. The highest BCUT2D eigenvalue weighted by atomic mass is 32.2. The van der Waals surface area contributed by atoms with Gasteiger partial charge in [0.2, 0.25) is 10.0 Å². The number of hydrogen-bond donors (Lipinski definition) is 2. The van der Waals surface area contributed by atoms with Gasteiger partial charge in [-0.3, -0.25) is 10.1 Å². The lowest BCUT2D eigenvalue weighted by Gasteiger charge is -2.19. The van der Waals surface area contributed by atoms with Gasteiger partial charge in [-0.15, -0.1) is 0 Å². The van der Waals surface area contributed by atoms with Gasteiger partial charge in [0.1, 0.15) is 18.9 Å². The van der Waals surface area contributed by atoms with E-state index in [2.05, 4.69) is 10.0 Å². The summed E-state index contributed by atoms with van der Waals surface area (Å²) in [7, 11) is -2.49. The van der Waals surface area contributed by atoms with Crippen molar-refractivity contribution in [1.82, 2.24) is 4.72 Å². The smallest absolute Gasteiger partial charge is 0.294 e. The summed E-state index contributed by atoms with van der Waals surface area (Å²) in [6, 6.07) is 8.23. The second-order valence-electron chi connectivity index (χ2n) is 6.40. The minimum Gasteiger partial charge on any atom is -0.486 e. The largest absolute Gasteiger partial charge is 0.486 e. The molecule has 0 unspecified atom stereocenters. The first-order valence-corrected chi connectivity index (χ1v) is 10.2. The van der Waals surface area contributed by atoms with E-state index in [0.29, 0.717) is 30.4 Å². The molecule has 0 aliphatic carbocycles. The maximum absolute atomic E-state index is 12.5. The van der Waals surface area contributed by atoms with E-state index in [0.717, 1.165) is 6.07 Å². The van der Waals surface area contributed by atoms with Crippen LogP contribution in [-0.4, -0.2) is 46.3 Å². The Bertz CT molecular complexity index is 1010. The van der Waals surface area contributed by atoms with E-state index >= 15 is 0 Å². The molecule has 2 aromatic rings. The summed E-state index contributed by atoms with van der Waals surface area (Å²) in [5, 5.41) is 14.5. The SMILES string of the molecule is COC[C@@H](C)NS(=O)(=O)c1ccc(Nc2ccc3c(c2)OCCO3)c([N+](=O)[O-])c1. The third-order valence-corrected chi connectivity index (χ3v) is 5.66. The van der Waals surface area contributed by atoms with Gasteiger partial charge in [-0.2, -0.15) is 0 Å². The fraction of sp³-hybridized carbons (Fsp3) is 0.333. The van der Waals surface area contributed by atoms with E-state index in [9.17, 15) is 18.5 Å². The molecular formula is C18H21N3O7S. The van der Waals surface area contributed by atoms with Crippen LogP contribution in [0.2, 0.25) is 0 Å². The lowest BCUT2D eigenvalue weighted by atomic mass is 10.2. The monoisotopic (exact) mass is 423 g/mol. The van der Waals surface area contributed by atoms with Gasteiger partial charge in [0, 0.05) is 31.0 Å². The Kier molecular flexibility index (Phi) is 6.20. The van der Waals surface area contributed by atoms with Crippen LogP contribution in [-0.2, 0) is 14.8 Å². The number of ether oxygens (including phenoxy) is 3. The van der Waals surface area contributed by atoms with Crippen molar-refractivity contribution < 1.29 is 27.6 Å². The van der Waals surface area contributed by atoms with Gasteiger partial charge in [0.15, 0.2) is 11.5 Å². The van der Waals surface area contributed by atoms with E-state index < -0.39 is 21.0 Å². The molecule has 1 atom stereocenters. The summed E-state index contributed by atoms with van der Waals surface area (Å²) in [6.07, 6.45) is 0. The summed E-state index contributed by atoms with van der Waals surface area (Å²) in [4.78, 5) is 10.7. The number of nitrogens with one attached hydrogen (secondary N) is 2. The number of sulfonamides is 1. The molecule has 10 nitrogen and oxygen atoms in total. The van der Waals surface area contributed by atoms with Crippen molar-refractivity contribution in [2.45, 2.75) is 17.9 Å². The number of rotatable bonds is 8. The molecule has 1 aliphatic heterocycles. The Balaban J connectivity index is 1.88. The maximum atomic E-state index is 12.5. The van der Waals surface area contributed by atoms with Gasteiger partial charge in [-0.25, -0.2) is 13.1 Å². The van der Waals surface area contributed by atoms with E-state index in [1.807, 2.05) is 0 Å². The highest BCUT2D eigenvalue weighted by Crippen LogP contribution is 2.36. The molecule has 0 spiro atoms. The van der Waals surface area contributed by atoms with Crippen molar-refractivity contribution in [3.05, 3.63) is 46.5 Å². The van der Waals surface area contributed by atoms with Crippen LogP contribution in [0.15, 0.2) is 41.3 Å². The Morgan fingerprint density at radius 3 is 2.59 bits per heavy atom. The number of nitrogens with zero attached hydrogens (tertiary/aromatic N) is 1. The molecule has 3 rings (SSSR count). The van der Waals surface area contributed by atoms with Crippen LogP contribution in [0.3, 0.4) is 0 Å². The number of anilines is 2. The van der Waals surface area contributed by atoms with Gasteiger partial charge in [0.25, 0.3) is 5.69 Å². The van der Waals surface area contributed by atoms with Crippen LogP contribution < -0.4 is 19.5 Å². The van der Waals surface area contributed by atoms with E-state index in [4.69, 9.17) is 14.2 Å². The Morgan fingerprint density at radius 1 is 1.17 bits per heavy atom. The fourth-order valence-corrected chi connectivity index (χ4v) is 4.08. The van der Waals surface area contributed by atoms with Gasteiger partial charge < -0.3 is 19.5 Å². The summed E-state index contributed by atoms with van der Waals surface area (Å²) in [6.45, 7) is 2.67. The number of benzene rings is 2. The van der Waals surface area contributed by atoms with Crippen molar-refractivity contribution >= 4 is 27.1 Å². The van der Waals surface area contributed by atoms with Gasteiger partial charge in [0.05, 0.1) is 16.4 Å². The zero-order chi connectivity index (χ0) is 21.0. The standard InChI is InChI=1S/C18H21N3O7S/c1-12(11-26-2)20-29(24,25)14-4-5-15(16(10-14)21(22)23)19-13-3-6-17-18(9-13)28-8-7-27-17/h3-6,9-10,12,19-20H,7-8,11H2,1-2H3/t12-/m1/s1. The topological polar surface area (TPSA) is 129 Å². The summed E-state index contributed by atoms with van der Waals surface area (Å²) in [5.74, 6) is 1.12. The summed E-state index contributed by atoms with van der Waals surface area (Å²) < 4.78 is 43.2. The molecule has 0 bridgehead atoms. The summed E-state index contributed by atoms with van der Waals surface area (Å²) in [5.41, 5.74) is 0.317. The zero-order valence-electron chi connectivity index (χ0n) is 15.9. The van der Waals surface area contributed by atoms with Crippen LogP contribution in [0.25, 0.3) is 0 Å². The minimum atomic E-state index is -3.94. The lowest BCUT2D eigenvalue weighted by Crippen LogP contribution is -2.35. The third kappa shape index (κ3) is 4.94. The van der Waals surface area contributed by atoms with E-state index in [-0.39, 0.29) is 22.9 Å². The first kappa shape index (κ1) is 20.8. The minimum absolute atomic E-state index is 0.149. The molecule has 2 N–H and O–H groups in total. The van der Waals surface area contributed by atoms with Crippen molar-refractivity contribution in [3.8, 4) is 11.5 Å². The second-order valence-corrected chi connectivity index (χ2v) is 8.11. The number of fused-ring (bicyclic) bond motifs is 1. The van der Waals surface area contributed by atoms with Gasteiger partial charge in [-0.1, -0.05) is 0 Å². The predicted molar refractivity (Wildman–Crippen MR) is 105 cm³/mol. The highest BCUT2D eigenvalue weighted by Gasteiger charge is 2.23. The maximum Gasteiger partial charge on any atom is 0.294 e. The summed E-state index contributed by atoms with van der Waals surface area (Å²) >= 11 is 0. The molecule has 0 aromatic heterocycles. The molecule has 1 heterocycles. The molecule has 0 radical (unpaired) electrons. The van der Waals surface area contributed by atoms with Crippen LogP contribution in [0.1, 0.15) is 6.92 Å². The first-order valence-electron chi connectivity index (χ1n) is 8.76. The molecule has 0 fully saturated rings. The average molecular weight is 423 g/mol. The Morgan fingerprint density at radius 2 is 1.90 bits per heavy atom. The molecule has 156 valence electrons.